The molecule has 0 aromatic carbocycles. The van der Waals surface area contributed by atoms with Crippen molar-refractivity contribution in [2.45, 2.75) is 317 Å². The topological polar surface area (TPSA) is 478 Å². The van der Waals surface area contributed by atoms with Crippen LogP contribution in [0.5, 0.6) is 0 Å². The molecule has 36 heteroatoms. The first-order valence-electron chi connectivity index (χ1n) is 44.3. The summed E-state index contributed by atoms with van der Waals surface area (Å²) in [6.07, 6.45) is 9.07. The fourth-order valence-electron chi connectivity index (χ4n) is 14.4. The van der Waals surface area contributed by atoms with Crippen LogP contribution in [0, 0.1) is 35.5 Å². The average molecular weight is 1740 g/mol. The number of aliphatic carboxylic acids is 1. The zero-order chi connectivity index (χ0) is 90.2. The lowest BCUT2D eigenvalue weighted by Crippen LogP contribution is -2.58. The molecular formula is C86H149N9O27. The quantitative estimate of drug-likeness (QED) is 0.0192. The minimum absolute atomic E-state index is 0.0362. The molecule has 6 unspecified atom stereocenters. The molecule has 3 saturated heterocycles. The monoisotopic (exact) mass is 1740 g/mol. The summed E-state index contributed by atoms with van der Waals surface area (Å²) in [4.78, 5) is 174. The molecule has 0 radical (unpaired) electrons. The van der Waals surface area contributed by atoms with Crippen LogP contribution in [0.3, 0.4) is 0 Å². The minimum atomic E-state index is -1.38. The van der Waals surface area contributed by atoms with Gasteiger partial charge in [-0.05, 0) is 113 Å². The van der Waals surface area contributed by atoms with E-state index in [1.165, 1.54) is 41.5 Å². The highest BCUT2D eigenvalue weighted by Crippen LogP contribution is 2.35. The van der Waals surface area contributed by atoms with Crippen molar-refractivity contribution in [3.63, 3.8) is 0 Å². The third-order valence-electron chi connectivity index (χ3n) is 22.2. The third-order valence-corrected chi connectivity index (χ3v) is 22.2. The predicted molar refractivity (Wildman–Crippen MR) is 447 cm³/mol. The summed E-state index contributed by atoms with van der Waals surface area (Å²) in [6, 6.07) is -1.28. The zero-order valence-corrected chi connectivity index (χ0v) is 74.8. The van der Waals surface area contributed by atoms with Crippen LogP contribution < -0.4 is 47.9 Å². The van der Waals surface area contributed by atoms with Gasteiger partial charge in [-0.3, -0.25) is 67.1 Å². The van der Waals surface area contributed by atoms with E-state index in [1.54, 1.807) is 0 Å². The standard InChI is InChI=1S/C86H149N9O27/c1-57-60(4)80(92-63(7)96)83(120-70(57)51-117-66(10)99)114-45-26-22-32-69(102)31-21-25-40-87-75(105)37-48-111-54-86(95-78(108)35-19-17-15-13-14-16-18-20-36-79(109)110,55-112-49-38-76(106)90-43-29-41-88-73(103)33-23-27-46-115-84-81(93-64(8)97)61(5)58(2)71(121-84)52-118-67(11)100)56-113-50-39-77(107)91-44-30-42-89-74(104)34-24-28-47-116-85-82(94-65(9)98)62(6)59(3)72(122-85)53-119-68(12)101/h57-62,70-72,80-85H,13-56H2,1-12H3,(H,87,105)(H,88,103)(H,89,104)(H,90,106)(H,91,107)(H,92,96)(H,93,97)(H,94,98)(H,95,108)(H,109,110)/t57-,58-,59-,60-,61-,62-,70?,71?,72?,80?,81?,82?,83+,84+,85+,86?/m0/s1. The number of carbonyl (C=O) groups excluding carboxylic acids is 13. The molecule has 0 spiro atoms. The number of hydrogen-bond acceptors (Lipinski definition) is 26. The molecule has 9 amide bonds. The summed E-state index contributed by atoms with van der Waals surface area (Å²) >= 11 is 0. The number of Topliss-reactive ketones (excluding diaryl/α,β-unsaturated/α-hetero) is 1. The highest BCUT2D eigenvalue weighted by molar-refractivity contribution is 5.80. The first kappa shape index (κ1) is 109. The van der Waals surface area contributed by atoms with Gasteiger partial charge in [-0.15, -0.1) is 0 Å². The van der Waals surface area contributed by atoms with E-state index in [9.17, 15) is 67.1 Å². The second kappa shape index (κ2) is 63.4. The number of esters is 3. The summed E-state index contributed by atoms with van der Waals surface area (Å²) in [5.41, 5.74) is -1.38. The van der Waals surface area contributed by atoms with E-state index < -0.39 is 84.7 Å². The van der Waals surface area contributed by atoms with Gasteiger partial charge in [0, 0.05) is 152 Å². The Bertz CT molecular complexity index is 2850. The maximum atomic E-state index is 14.0. The summed E-state index contributed by atoms with van der Waals surface area (Å²) in [6.45, 7) is 21.6. The Morgan fingerprint density at radius 2 is 0.574 bits per heavy atom. The number of rotatable bonds is 67. The van der Waals surface area contributed by atoms with E-state index in [4.69, 9.17) is 61.9 Å². The lowest BCUT2D eigenvalue weighted by molar-refractivity contribution is -0.244. The molecular weight excluding hydrogens is 1590 g/mol. The van der Waals surface area contributed by atoms with Crippen molar-refractivity contribution in [1.82, 2.24) is 47.9 Å². The zero-order valence-electron chi connectivity index (χ0n) is 74.8. The molecule has 10 N–H and O–H groups in total. The van der Waals surface area contributed by atoms with Gasteiger partial charge in [-0.1, -0.05) is 80.1 Å². The lowest BCUT2D eigenvalue weighted by Gasteiger charge is -2.44. The number of carboxylic acid groups (broad SMARTS) is 1. The maximum Gasteiger partial charge on any atom is 0.303 e. The fraction of sp³-hybridized carbons (Fsp3) is 0.837. The molecule has 700 valence electrons. The van der Waals surface area contributed by atoms with Crippen LogP contribution in [0.15, 0.2) is 0 Å². The molecule has 36 nitrogen and oxygen atoms in total. The molecule has 0 aromatic heterocycles. The van der Waals surface area contributed by atoms with Crippen LogP contribution in [-0.2, 0) is 124 Å². The Balaban J connectivity index is 1.58. The number of carboxylic acids is 1. The van der Waals surface area contributed by atoms with Gasteiger partial charge in [0.15, 0.2) is 18.9 Å². The van der Waals surface area contributed by atoms with E-state index in [1.807, 2.05) is 41.5 Å². The first-order valence-corrected chi connectivity index (χ1v) is 44.3. The van der Waals surface area contributed by atoms with Gasteiger partial charge < -0.3 is 110 Å². The molecule has 0 aliphatic carbocycles. The first-order chi connectivity index (χ1) is 58.2. The van der Waals surface area contributed by atoms with Gasteiger partial charge in [0.2, 0.25) is 53.2 Å². The second-order valence-electron chi connectivity index (χ2n) is 32.8. The van der Waals surface area contributed by atoms with E-state index >= 15 is 0 Å². The molecule has 3 rings (SSSR count). The van der Waals surface area contributed by atoms with Gasteiger partial charge in [0.1, 0.15) is 31.1 Å². The van der Waals surface area contributed by atoms with Crippen LogP contribution >= 0.6 is 0 Å². The van der Waals surface area contributed by atoms with E-state index in [2.05, 4.69) is 47.9 Å². The molecule has 0 aromatic rings. The molecule has 3 aliphatic heterocycles. The van der Waals surface area contributed by atoms with Crippen LogP contribution in [0.1, 0.15) is 256 Å². The molecule has 3 aliphatic rings. The number of nitrogens with one attached hydrogen (secondary N) is 9. The molecule has 3 fully saturated rings. The highest BCUT2D eigenvalue weighted by atomic mass is 16.7. The summed E-state index contributed by atoms with van der Waals surface area (Å²) in [7, 11) is 0. The molecule has 0 saturated carbocycles. The average Bonchev–Trinajstić information content (AvgIpc) is 0.815. The van der Waals surface area contributed by atoms with Gasteiger partial charge in [0.25, 0.3) is 0 Å². The smallest absolute Gasteiger partial charge is 0.303 e. The van der Waals surface area contributed by atoms with E-state index in [0.29, 0.717) is 110 Å². The van der Waals surface area contributed by atoms with E-state index in [0.717, 1.165) is 38.5 Å². The highest BCUT2D eigenvalue weighted by Gasteiger charge is 2.46. The van der Waals surface area contributed by atoms with Crippen molar-refractivity contribution in [2.75, 3.05) is 112 Å². The maximum absolute atomic E-state index is 14.0. The van der Waals surface area contributed by atoms with Gasteiger partial charge in [0.05, 0.1) is 76.1 Å². The van der Waals surface area contributed by atoms with Gasteiger partial charge in [-0.25, -0.2) is 0 Å². The Morgan fingerprint density at radius 3 is 0.885 bits per heavy atom. The summed E-state index contributed by atoms with van der Waals surface area (Å²) in [5, 5.41) is 35.2. The number of carbonyl (C=O) groups is 14. The SMILES string of the molecule is CC(=O)NC1[C@H](OCCCCC(=O)CCCCNC(=O)CCOCC(COCCC(=O)NCCCNC(=O)CCCCO[C@@H]2OC(COC(C)=O)[C@@H](C)[C@H](C)C2NC(C)=O)(COCCC(=O)NCCCNC(=O)CCCCO[C@@H]2OC(COC(C)=O)[C@@H](C)[C@H](C)C2NC(C)=O)NC(=O)CCCCCCCCCCC(=O)O)OC(COC(C)=O)[C@@H](C)[C@@H]1C. The van der Waals surface area contributed by atoms with Crippen LogP contribution in [0.4, 0.5) is 0 Å². The Labute approximate surface area is 721 Å². The molecule has 15 atom stereocenters. The lowest BCUT2D eigenvalue weighted by atomic mass is 9.82. The fourth-order valence-corrected chi connectivity index (χ4v) is 14.4. The van der Waals surface area contributed by atoms with Crippen LogP contribution in [0.2, 0.25) is 0 Å². The number of ether oxygens (including phenoxy) is 12. The number of unbranched alkanes of at least 4 members (excludes halogenated alkanes) is 11. The largest absolute Gasteiger partial charge is 0.481 e. The minimum Gasteiger partial charge on any atom is -0.481 e. The normalized spacial score (nSPS) is 23.0. The Hall–Kier alpha value is -7.58. The van der Waals surface area contributed by atoms with E-state index in [-0.39, 0.29) is 232 Å². The summed E-state index contributed by atoms with van der Waals surface area (Å²) in [5.74, 6) is -4.67. The number of hydrogen-bond donors (Lipinski definition) is 10. The number of ketones is 1. The third kappa shape index (κ3) is 48.6. The van der Waals surface area contributed by atoms with Crippen molar-refractivity contribution in [3.8, 4) is 0 Å². The molecule has 122 heavy (non-hydrogen) atoms. The van der Waals surface area contributed by atoms with Gasteiger partial charge in [-0.2, -0.15) is 0 Å². The predicted octanol–water partition coefficient (Wildman–Crippen LogP) is 5.90. The van der Waals surface area contributed by atoms with Crippen molar-refractivity contribution in [2.24, 2.45) is 35.5 Å². The van der Waals surface area contributed by atoms with Gasteiger partial charge >= 0.3 is 23.9 Å². The molecule has 0 bridgehead atoms. The van der Waals surface area contributed by atoms with Crippen LogP contribution in [-0.4, -0.2) is 261 Å². The van der Waals surface area contributed by atoms with Crippen molar-refractivity contribution in [3.05, 3.63) is 0 Å². The van der Waals surface area contributed by atoms with Crippen molar-refractivity contribution in [1.29, 1.82) is 0 Å². The van der Waals surface area contributed by atoms with Crippen molar-refractivity contribution < 1.29 is 129 Å². The Morgan fingerprint density at radius 1 is 0.303 bits per heavy atom. The van der Waals surface area contributed by atoms with Crippen molar-refractivity contribution >= 4 is 82.8 Å². The van der Waals surface area contributed by atoms with Crippen LogP contribution in [0.25, 0.3) is 0 Å². The summed E-state index contributed by atoms with van der Waals surface area (Å²) < 4.78 is 70.9. The number of amides is 9. The second-order valence-corrected chi connectivity index (χ2v) is 32.8. The Kier molecular flexibility index (Phi) is 56.4. The molecule has 3 heterocycles.